The van der Waals surface area contributed by atoms with Crippen molar-refractivity contribution in [2.24, 2.45) is 5.92 Å². The molecule has 1 aliphatic rings. The minimum Gasteiger partial charge on any atom is -0.311 e. The second-order valence-electron chi connectivity index (χ2n) is 5.88. The second-order valence-corrected chi connectivity index (χ2v) is 8.08. The molecule has 1 aliphatic heterocycles. The molecule has 0 unspecified atom stereocenters. The van der Waals surface area contributed by atoms with E-state index in [0.29, 0.717) is 15.2 Å². The number of para-hydroxylation sites is 1. The Kier molecular flexibility index (Phi) is 5.70. The van der Waals surface area contributed by atoms with Crippen LogP contribution in [0.2, 0.25) is 0 Å². The third kappa shape index (κ3) is 4.19. The molecule has 1 N–H and O–H groups in total. The van der Waals surface area contributed by atoms with Gasteiger partial charge in [-0.25, -0.2) is 0 Å². The van der Waals surface area contributed by atoms with Gasteiger partial charge >= 0.3 is 0 Å². The summed E-state index contributed by atoms with van der Waals surface area (Å²) in [4.78, 5) is 26.2. The van der Waals surface area contributed by atoms with Crippen molar-refractivity contribution in [2.75, 3.05) is 22.5 Å². The first-order chi connectivity index (χ1) is 12.1. The van der Waals surface area contributed by atoms with Crippen molar-refractivity contribution in [2.45, 2.75) is 31.0 Å². The number of nitrogens with zero attached hydrogens (tertiary/aromatic N) is 3. The van der Waals surface area contributed by atoms with Gasteiger partial charge in [-0.3, -0.25) is 9.59 Å². The van der Waals surface area contributed by atoms with Crippen LogP contribution in [0, 0.1) is 5.92 Å². The number of aromatic nitrogens is 2. The zero-order chi connectivity index (χ0) is 17.8. The van der Waals surface area contributed by atoms with E-state index in [4.69, 9.17) is 0 Å². The Labute approximate surface area is 155 Å². The van der Waals surface area contributed by atoms with Crippen molar-refractivity contribution in [3.63, 3.8) is 0 Å². The number of anilines is 2. The predicted octanol–water partition coefficient (Wildman–Crippen LogP) is 3.20. The fraction of sp³-hybridized carbons (Fsp3) is 0.412. The lowest BCUT2D eigenvalue weighted by atomic mass is 10.1. The molecular formula is C17H20N4O2S2. The van der Waals surface area contributed by atoms with Gasteiger partial charge in [0.15, 0.2) is 4.34 Å². The van der Waals surface area contributed by atoms with Gasteiger partial charge < -0.3 is 10.2 Å². The zero-order valence-electron chi connectivity index (χ0n) is 14.2. The highest BCUT2D eigenvalue weighted by Gasteiger charge is 2.24. The number of amides is 2. The molecule has 2 heterocycles. The SMILES string of the molecule is CC[C@@H](C)C(=O)Nc1nnc(SCC(=O)N2CCc3ccccc32)s1. The number of nitrogens with one attached hydrogen (secondary N) is 1. The monoisotopic (exact) mass is 376 g/mol. The van der Waals surface area contributed by atoms with Gasteiger partial charge in [0, 0.05) is 18.2 Å². The number of carbonyl (C=O) groups is 2. The molecule has 1 aromatic heterocycles. The maximum atomic E-state index is 12.5. The Morgan fingerprint density at radius 2 is 2.16 bits per heavy atom. The van der Waals surface area contributed by atoms with Crippen LogP contribution in [0.5, 0.6) is 0 Å². The molecule has 1 aromatic carbocycles. The largest absolute Gasteiger partial charge is 0.311 e. The number of thioether (sulfide) groups is 1. The van der Waals surface area contributed by atoms with E-state index >= 15 is 0 Å². The molecule has 8 heteroatoms. The van der Waals surface area contributed by atoms with Crippen LogP contribution >= 0.6 is 23.1 Å². The molecule has 0 saturated heterocycles. The molecule has 25 heavy (non-hydrogen) atoms. The molecule has 0 aliphatic carbocycles. The summed E-state index contributed by atoms with van der Waals surface area (Å²) in [6.07, 6.45) is 1.68. The van der Waals surface area contributed by atoms with Crippen molar-refractivity contribution >= 4 is 45.7 Å². The molecule has 0 saturated carbocycles. The minimum absolute atomic E-state index is 0.0556. The quantitative estimate of drug-likeness (QED) is 0.619. The Hall–Kier alpha value is -1.93. The number of rotatable bonds is 6. The lowest BCUT2D eigenvalue weighted by Crippen LogP contribution is -2.30. The van der Waals surface area contributed by atoms with Gasteiger partial charge in [-0.2, -0.15) is 0 Å². The highest BCUT2D eigenvalue weighted by molar-refractivity contribution is 8.01. The van der Waals surface area contributed by atoms with Crippen LogP contribution in [-0.2, 0) is 16.0 Å². The molecule has 2 aromatic rings. The van der Waals surface area contributed by atoms with E-state index in [1.165, 1.54) is 28.7 Å². The standard InChI is InChI=1S/C17H20N4O2S2/c1-3-11(2)15(23)18-16-19-20-17(25-16)24-10-14(22)21-9-8-12-6-4-5-7-13(12)21/h4-7,11H,3,8-10H2,1-2H3,(H,18,19,23)/t11-/m1/s1. The predicted molar refractivity (Wildman–Crippen MR) is 101 cm³/mol. The topological polar surface area (TPSA) is 75.2 Å². The smallest absolute Gasteiger partial charge is 0.237 e. The summed E-state index contributed by atoms with van der Waals surface area (Å²) in [6, 6.07) is 8.00. The summed E-state index contributed by atoms with van der Waals surface area (Å²) >= 11 is 2.65. The lowest BCUT2D eigenvalue weighted by Gasteiger charge is -2.16. The molecule has 0 spiro atoms. The Bertz CT molecular complexity index is 778. The zero-order valence-corrected chi connectivity index (χ0v) is 15.8. The number of fused-ring (bicyclic) bond motifs is 1. The fourth-order valence-electron chi connectivity index (χ4n) is 2.53. The summed E-state index contributed by atoms with van der Waals surface area (Å²) < 4.78 is 0.681. The highest BCUT2D eigenvalue weighted by atomic mass is 32.2. The number of carbonyl (C=O) groups excluding carboxylic acids is 2. The van der Waals surface area contributed by atoms with E-state index in [1.54, 1.807) is 0 Å². The summed E-state index contributed by atoms with van der Waals surface area (Å²) in [5.74, 6) is 0.259. The molecule has 1 atom stereocenters. The molecule has 3 rings (SSSR count). The first-order valence-electron chi connectivity index (χ1n) is 8.24. The van der Waals surface area contributed by atoms with E-state index in [9.17, 15) is 9.59 Å². The molecule has 0 fully saturated rings. The lowest BCUT2D eigenvalue weighted by molar-refractivity contribution is -0.119. The maximum Gasteiger partial charge on any atom is 0.237 e. The van der Waals surface area contributed by atoms with Crippen LogP contribution in [0.3, 0.4) is 0 Å². The first-order valence-corrected chi connectivity index (χ1v) is 10.0. The van der Waals surface area contributed by atoms with Gasteiger partial charge in [0.2, 0.25) is 16.9 Å². The van der Waals surface area contributed by atoms with Gasteiger partial charge in [0.1, 0.15) is 0 Å². The van der Waals surface area contributed by atoms with E-state index in [-0.39, 0.29) is 17.7 Å². The molecule has 132 valence electrons. The van der Waals surface area contributed by atoms with Crippen LogP contribution in [0.25, 0.3) is 0 Å². The molecule has 0 radical (unpaired) electrons. The van der Waals surface area contributed by atoms with Gasteiger partial charge in [-0.05, 0) is 24.5 Å². The Balaban J connectivity index is 1.54. The van der Waals surface area contributed by atoms with Gasteiger partial charge in [0.05, 0.1) is 5.75 Å². The van der Waals surface area contributed by atoms with Crippen molar-refractivity contribution in [3.8, 4) is 0 Å². The molecule has 0 bridgehead atoms. The molecule has 6 nitrogen and oxygen atoms in total. The van der Waals surface area contributed by atoms with Gasteiger partial charge in [-0.1, -0.05) is 55.1 Å². The van der Waals surface area contributed by atoms with E-state index in [1.807, 2.05) is 36.9 Å². The first kappa shape index (κ1) is 17.9. The third-order valence-corrected chi connectivity index (χ3v) is 6.16. The number of hydrogen-bond acceptors (Lipinski definition) is 6. The van der Waals surface area contributed by atoms with Gasteiger partial charge in [0.25, 0.3) is 0 Å². The van der Waals surface area contributed by atoms with Crippen LogP contribution in [0.1, 0.15) is 25.8 Å². The minimum atomic E-state index is -0.0585. The van der Waals surface area contributed by atoms with Crippen molar-refractivity contribution in [1.29, 1.82) is 0 Å². The van der Waals surface area contributed by atoms with E-state index in [0.717, 1.165) is 25.1 Å². The Morgan fingerprint density at radius 3 is 2.96 bits per heavy atom. The molecular weight excluding hydrogens is 356 g/mol. The summed E-state index contributed by atoms with van der Waals surface area (Å²) in [7, 11) is 0. The van der Waals surface area contributed by atoms with Crippen molar-refractivity contribution < 1.29 is 9.59 Å². The number of benzene rings is 1. The average Bonchev–Trinajstić information content (AvgIpc) is 3.25. The Morgan fingerprint density at radius 1 is 1.36 bits per heavy atom. The van der Waals surface area contributed by atoms with E-state index in [2.05, 4.69) is 21.6 Å². The number of hydrogen-bond donors (Lipinski definition) is 1. The summed E-state index contributed by atoms with van der Waals surface area (Å²) in [6.45, 7) is 4.57. The van der Waals surface area contributed by atoms with Crippen molar-refractivity contribution in [3.05, 3.63) is 29.8 Å². The fourth-order valence-corrected chi connectivity index (χ4v) is 4.16. The maximum absolute atomic E-state index is 12.5. The average molecular weight is 377 g/mol. The van der Waals surface area contributed by atoms with Crippen LogP contribution < -0.4 is 10.2 Å². The van der Waals surface area contributed by atoms with Crippen LogP contribution in [0.4, 0.5) is 10.8 Å². The van der Waals surface area contributed by atoms with Crippen molar-refractivity contribution in [1.82, 2.24) is 10.2 Å². The summed E-state index contributed by atoms with van der Waals surface area (Å²) in [5, 5.41) is 11.3. The van der Waals surface area contributed by atoms with Gasteiger partial charge in [-0.15, -0.1) is 10.2 Å². The van der Waals surface area contributed by atoms with E-state index < -0.39 is 0 Å². The second kappa shape index (κ2) is 7.97. The normalized spacial score (nSPS) is 14.2. The third-order valence-electron chi connectivity index (χ3n) is 4.20. The van der Waals surface area contributed by atoms with Crippen LogP contribution in [-0.4, -0.2) is 34.3 Å². The van der Waals surface area contributed by atoms with Crippen LogP contribution in [0.15, 0.2) is 28.6 Å². The molecule has 2 amide bonds. The highest BCUT2D eigenvalue weighted by Crippen LogP contribution is 2.30. The summed E-state index contributed by atoms with van der Waals surface area (Å²) in [5.41, 5.74) is 2.22.